The highest BCUT2D eigenvalue weighted by molar-refractivity contribution is 6.17. The van der Waals surface area contributed by atoms with Gasteiger partial charge in [-0.2, -0.15) is 5.11 Å². The molecule has 0 saturated heterocycles. The summed E-state index contributed by atoms with van der Waals surface area (Å²) >= 11 is 5.62. The third-order valence-electron chi connectivity index (χ3n) is 4.94. The molecule has 0 radical (unpaired) electrons. The van der Waals surface area contributed by atoms with Crippen molar-refractivity contribution in [2.24, 2.45) is 10.2 Å². The van der Waals surface area contributed by atoms with Gasteiger partial charge in [0.05, 0.1) is 5.69 Å². The zero-order valence-corrected chi connectivity index (χ0v) is 21.1. The third kappa shape index (κ3) is 15.9. The molecular formula is C25H41Cl2N5. The molecule has 1 aromatic carbocycles. The van der Waals surface area contributed by atoms with E-state index in [0.29, 0.717) is 11.5 Å². The van der Waals surface area contributed by atoms with Crippen molar-refractivity contribution >= 4 is 47.0 Å². The summed E-state index contributed by atoms with van der Waals surface area (Å²) < 4.78 is 0. The molecule has 180 valence electrons. The van der Waals surface area contributed by atoms with Crippen LogP contribution in [0, 0.1) is 0 Å². The maximum atomic E-state index is 5.64. The number of alkyl halides is 1. The molecule has 0 aliphatic heterocycles. The number of anilines is 2. The maximum Gasteiger partial charge on any atom is 0.153 e. The Kier molecular flexibility index (Phi) is 19.8. The van der Waals surface area contributed by atoms with Crippen LogP contribution in [-0.2, 0) is 0 Å². The molecule has 1 aromatic heterocycles. The van der Waals surface area contributed by atoms with Gasteiger partial charge in [-0.15, -0.1) is 29.1 Å². The Bertz CT molecular complexity index is 699. The molecule has 0 saturated carbocycles. The van der Waals surface area contributed by atoms with Crippen LogP contribution in [0.15, 0.2) is 52.7 Å². The fourth-order valence-electron chi connectivity index (χ4n) is 3.11. The second kappa shape index (κ2) is 21.0. The van der Waals surface area contributed by atoms with Crippen LogP contribution < -0.4 is 11.5 Å². The summed E-state index contributed by atoms with van der Waals surface area (Å²) in [4.78, 5) is 3.89. The van der Waals surface area contributed by atoms with Crippen LogP contribution >= 0.6 is 24.0 Å². The predicted molar refractivity (Wildman–Crippen MR) is 143 cm³/mol. The summed E-state index contributed by atoms with van der Waals surface area (Å²) in [6.45, 7) is 2.28. The number of benzene rings is 1. The van der Waals surface area contributed by atoms with Crippen LogP contribution in [0.2, 0.25) is 0 Å². The molecule has 0 unspecified atom stereocenters. The molecule has 0 spiro atoms. The zero-order valence-electron chi connectivity index (χ0n) is 19.5. The van der Waals surface area contributed by atoms with Crippen LogP contribution in [0.1, 0.15) is 84.0 Å². The van der Waals surface area contributed by atoms with Crippen molar-refractivity contribution in [1.82, 2.24) is 4.98 Å². The number of hydrogen-bond acceptors (Lipinski definition) is 5. The number of halogens is 2. The van der Waals surface area contributed by atoms with Crippen LogP contribution in [0.5, 0.6) is 0 Å². The lowest BCUT2D eigenvalue weighted by molar-refractivity contribution is 0.548. The molecule has 0 aliphatic rings. The number of hydrogen-bond donors (Lipinski definition) is 2. The van der Waals surface area contributed by atoms with Crippen molar-refractivity contribution in [3.63, 3.8) is 0 Å². The molecule has 0 bridgehead atoms. The molecule has 0 fully saturated rings. The third-order valence-corrected chi connectivity index (χ3v) is 5.21. The van der Waals surface area contributed by atoms with Gasteiger partial charge in [0.15, 0.2) is 5.82 Å². The highest BCUT2D eigenvalue weighted by Crippen LogP contribution is 2.23. The van der Waals surface area contributed by atoms with E-state index in [9.17, 15) is 0 Å². The van der Waals surface area contributed by atoms with E-state index >= 15 is 0 Å². The fourth-order valence-corrected chi connectivity index (χ4v) is 3.30. The highest BCUT2D eigenvalue weighted by Gasteiger charge is 1.99. The Morgan fingerprint density at radius 3 is 1.75 bits per heavy atom. The van der Waals surface area contributed by atoms with Gasteiger partial charge in [-0.1, -0.05) is 95.8 Å². The minimum absolute atomic E-state index is 0. The Morgan fingerprint density at radius 2 is 1.25 bits per heavy atom. The minimum atomic E-state index is 0. The normalized spacial score (nSPS) is 10.4. The van der Waals surface area contributed by atoms with E-state index in [1.165, 1.54) is 77.0 Å². The van der Waals surface area contributed by atoms with Crippen LogP contribution in [0.4, 0.5) is 23.0 Å². The molecule has 7 heteroatoms. The standard InChI is InChI=1S/C14H29Cl.C11H11N5.ClH/c1-2-3-4-5-6-7-8-9-10-11-12-13-14-15;12-10-7-6-9(11(13)14-10)16-15-8-4-2-1-3-5-8;/h2-14H2,1H3;1-7H,(H4,12,13,14);1H/b;16-15+;. The van der Waals surface area contributed by atoms with Gasteiger partial charge in [0, 0.05) is 5.88 Å². The molecule has 2 rings (SSSR count). The quantitative estimate of drug-likeness (QED) is 0.160. The number of nitrogens with zero attached hydrogens (tertiary/aromatic N) is 3. The lowest BCUT2D eigenvalue weighted by Crippen LogP contribution is -1.95. The Balaban J connectivity index is 0.000000585. The second-order valence-electron chi connectivity index (χ2n) is 7.75. The fraction of sp³-hybridized carbons (Fsp3) is 0.560. The van der Waals surface area contributed by atoms with Gasteiger partial charge in [-0.3, -0.25) is 0 Å². The number of pyridine rings is 1. The van der Waals surface area contributed by atoms with Gasteiger partial charge < -0.3 is 11.5 Å². The van der Waals surface area contributed by atoms with Gasteiger partial charge in [-0.05, 0) is 30.7 Å². The average molecular weight is 483 g/mol. The second-order valence-corrected chi connectivity index (χ2v) is 8.13. The van der Waals surface area contributed by atoms with Gasteiger partial charge in [0.25, 0.3) is 0 Å². The SMILES string of the molecule is CCCCCCCCCCCCCCCl.Cl.Nc1ccc(/N=N/c2ccccc2)c(N)n1. The van der Waals surface area contributed by atoms with Crippen LogP contribution in [0.3, 0.4) is 0 Å². The first-order chi connectivity index (χ1) is 15.2. The molecule has 32 heavy (non-hydrogen) atoms. The first-order valence-electron chi connectivity index (χ1n) is 11.7. The smallest absolute Gasteiger partial charge is 0.153 e. The monoisotopic (exact) mass is 481 g/mol. The van der Waals surface area contributed by atoms with Gasteiger partial charge in [-0.25, -0.2) is 4.98 Å². The largest absolute Gasteiger partial charge is 0.384 e. The number of aromatic nitrogens is 1. The zero-order chi connectivity index (χ0) is 22.6. The predicted octanol–water partition coefficient (Wildman–Crippen LogP) is 9.01. The molecule has 2 aromatic rings. The van der Waals surface area contributed by atoms with E-state index in [2.05, 4.69) is 22.1 Å². The number of unbranched alkanes of at least 4 members (excludes halogenated alkanes) is 11. The number of rotatable bonds is 14. The summed E-state index contributed by atoms with van der Waals surface area (Å²) in [6, 6.07) is 12.7. The first kappa shape index (κ1) is 30.1. The van der Waals surface area contributed by atoms with E-state index < -0.39 is 0 Å². The van der Waals surface area contributed by atoms with E-state index in [1.54, 1.807) is 12.1 Å². The summed E-state index contributed by atoms with van der Waals surface area (Å²) in [7, 11) is 0. The minimum Gasteiger partial charge on any atom is -0.384 e. The number of nitrogens with two attached hydrogens (primary N) is 2. The van der Waals surface area contributed by atoms with Gasteiger partial charge in [0.1, 0.15) is 11.5 Å². The van der Waals surface area contributed by atoms with Crippen molar-refractivity contribution in [2.75, 3.05) is 17.3 Å². The molecule has 0 aliphatic carbocycles. The van der Waals surface area contributed by atoms with Gasteiger partial charge >= 0.3 is 0 Å². The molecule has 0 atom stereocenters. The molecule has 1 heterocycles. The Morgan fingerprint density at radius 1 is 0.719 bits per heavy atom. The molecule has 5 nitrogen and oxygen atoms in total. The van der Waals surface area contributed by atoms with Gasteiger partial charge in [0.2, 0.25) is 0 Å². The Labute approximate surface area is 205 Å². The highest BCUT2D eigenvalue weighted by atomic mass is 35.5. The van der Waals surface area contributed by atoms with Crippen molar-refractivity contribution in [3.8, 4) is 0 Å². The van der Waals surface area contributed by atoms with Crippen molar-refractivity contribution in [2.45, 2.75) is 84.0 Å². The van der Waals surface area contributed by atoms with E-state index in [0.717, 1.165) is 11.6 Å². The topological polar surface area (TPSA) is 89.6 Å². The summed E-state index contributed by atoms with van der Waals surface area (Å²) in [5.41, 5.74) is 12.4. The number of azo groups is 1. The van der Waals surface area contributed by atoms with Crippen LogP contribution in [-0.4, -0.2) is 10.9 Å². The van der Waals surface area contributed by atoms with E-state index in [4.69, 9.17) is 23.1 Å². The molecular weight excluding hydrogens is 441 g/mol. The lowest BCUT2D eigenvalue weighted by atomic mass is 10.1. The van der Waals surface area contributed by atoms with Crippen LogP contribution in [0.25, 0.3) is 0 Å². The van der Waals surface area contributed by atoms with E-state index in [-0.39, 0.29) is 18.2 Å². The number of nitrogen functional groups attached to an aromatic ring is 2. The summed E-state index contributed by atoms with van der Waals surface area (Å²) in [5.74, 6) is 1.49. The maximum absolute atomic E-state index is 5.64. The van der Waals surface area contributed by atoms with Crippen molar-refractivity contribution in [1.29, 1.82) is 0 Å². The van der Waals surface area contributed by atoms with Crippen molar-refractivity contribution < 1.29 is 0 Å². The first-order valence-corrected chi connectivity index (χ1v) is 12.3. The van der Waals surface area contributed by atoms with Crippen molar-refractivity contribution in [3.05, 3.63) is 42.5 Å². The average Bonchev–Trinajstić information content (AvgIpc) is 2.78. The summed E-state index contributed by atoms with van der Waals surface area (Å²) in [5, 5.41) is 8.03. The van der Waals surface area contributed by atoms with E-state index in [1.807, 2.05) is 30.3 Å². The molecule has 0 amide bonds. The Hall–Kier alpha value is -1.85. The lowest BCUT2D eigenvalue weighted by Gasteiger charge is -2.01. The summed E-state index contributed by atoms with van der Waals surface area (Å²) in [6.07, 6.45) is 16.9. The molecule has 4 N–H and O–H groups in total.